The van der Waals surface area contributed by atoms with Crippen LogP contribution in [0.5, 0.6) is 0 Å². The molecule has 0 bridgehead atoms. The minimum absolute atomic E-state index is 0.124. The zero-order chi connectivity index (χ0) is 13.1. The van der Waals surface area contributed by atoms with Crippen molar-refractivity contribution < 1.29 is 8.42 Å². The Kier molecular flexibility index (Phi) is 4.98. The van der Waals surface area contributed by atoms with Crippen molar-refractivity contribution in [2.45, 2.75) is 58.2 Å². The summed E-state index contributed by atoms with van der Waals surface area (Å²) in [7, 11) is -3.18. The van der Waals surface area contributed by atoms with Gasteiger partial charge in [-0.3, -0.25) is 0 Å². The summed E-state index contributed by atoms with van der Waals surface area (Å²) in [5.74, 6) is 0. The maximum absolute atomic E-state index is 12.1. The van der Waals surface area contributed by atoms with E-state index in [-0.39, 0.29) is 16.7 Å². The van der Waals surface area contributed by atoms with E-state index in [1.165, 1.54) is 0 Å². The van der Waals surface area contributed by atoms with E-state index in [0.717, 1.165) is 25.8 Å². The Morgan fingerprint density at radius 2 is 2.06 bits per heavy atom. The second-order valence-electron chi connectivity index (χ2n) is 5.89. The van der Waals surface area contributed by atoms with Gasteiger partial charge in [0.25, 0.3) is 0 Å². The van der Waals surface area contributed by atoms with E-state index in [2.05, 4.69) is 23.9 Å². The van der Waals surface area contributed by atoms with Gasteiger partial charge in [0.1, 0.15) is 0 Å². The van der Waals surface area contributed by atoms with Crippen molar-refractivity contribution in [3.63, 3.8) is 0 Å². The Morgan fingerprint density at radius 3 is 2.53 bits per heavy atom. The Labute approximate surface area is 106 Å². The molecule has 0 aliphatic heterocycles. The summed E-state index contributed by atoms with van der Waals surface area (Å²) in [4.78, 5) is 0. The molecule has 2 unspecified atom stereocenters. The molecule has 2 atom stereocenters. The lowest BCUT2D eigenvalue weighted by molar-refractivity contribution is 0.372. The van der Waals surface area contributed by atoms with Crippen molar-refractivity contribution in [3.8, 4) is 0 Å². The molecule has 0 aromatic rings. The molecule has 1 aliphatic carbocycles. The highest BCUT2D eigenvalue weighted by molar-refractivity contribution is 7.90. The Balaban J connectivity index is 2.50. The third-order valence-electron chi connectivity index (χ3n) is 3.51. The van der Waals surface area contributed by atoms with Crippen molar-refractivity contribution in [2.75, 3.05) is 13.1 Å². The molecule has 0 radical (unpaired) electrons. The van der Waals surface area contributed by atoms with Gasteiger partial charge in [-0.25, -0.2) is 13.1 Å². The average molecular weight is 262 g/mol. The van der Waals surface area contributed by atoms with Gasteiger partial charge in [-0.05, 0) is 38.1 Å². The summed E-state index contributed by atoms with van der Waals surface area (Å²) in [6, 6.07) is 0.124. The molecule has 1 rings (SSSR count). The molecule has 0 aromatic carbocycles. The first kappa shape index (κ1) is 14.9. The van der Waals surface area contributed by atoms with Gasteiger partial charge in [0.2, 0.25) is 10.0 Å². The lowest BCUT2D eigenvalue weighted by Crippen LogP contribution is -2.43. The van der Waals surface area contributed by atoms with Crippen LogP contribution >= 0.6 is 0 Å². The molecule has 1 aliphatic rings. The molecule has 102 valence electrons. The average Bonchev–Trinajstić information content (AvgIpc) is 2.53. The van der Waals surface area contributed by atoms with Gasteiger partial charge in [0.05, 0.1) is 5.25 Å². The fraction of sp³-hybridized carbons (Fsp3) is 1.00. The van der Waals surface area contributed by atoms with Crippen LogP contribution in [-0.4, -0.2) is 32.8 Å². The van der Waals surface area contributed by atoms with E-state index in [0.29, 0.717) is 6.54 Å². The zero-order valence-corrected chi connectivity index (χ0v) is 12.2. The van der Waals surface area contributed by atoms with Crippen LogP contribution in [0.1, 0.15) is 47.0 Å². The highest BCUT2D eigenvalue weighted by atomic mass is 32.2. The van der Waals surface area contributed by atoms with E-state index < -0.39 is 10.0 Å². The normalized spacial score (nSPS) is 26.0. The minimum Gasteiger partial charge on any atom is -0.316 e. The van der Waals surface area contributed by atoms with Crippen LogP contribution in [-0.2, 0) is 10.0 Å². The molecule has 1 saturated carbocycles. The molecule has 0 amide bonds. The number of hydrogen-bond donors (Lipinski definition) is 2. The Morgan fingerprint density at radius 1 is 1.41 bits per heavy atom. The molecule has 5 heteroatoms. The molecule has 1 fully saturated rings. The second-order valence-corrected chi connectivity index (χ2v) is 8.02. The van der Waals surface area contributed by atoms with Crippen LogP contribution < -0.4 is 10.0 Å². The summed E-state index contributed by atoms with van der Waals surface area (Å²) < 4.78 is 27.0. The topological polar surface area (TPSA) is 58.2 Å². The van der Waals surface area contributed by atoms with Gasteiger partial charge < -0.3 is 5.32 Å². The predicted molar refractivity (Wildman–Crippen MR) is 71.5 cm³/mol. The van der Waals surface area contributed by atoms with Gasteiger partial charge in [0, 0.05) is 12.6 Å². The first-order valence-electron chi connectivity index (χ1n) is 6.49. The molecule has 0 heterocycles. The maximum atomic E-state index is 12.1. The molecule has 2 N–H and O–H groups in total. The third-order valence-corrected chi connectivity index (χ3v) is 5.40. The van der Waals surface area contributed by atoms with Crippen molar-refractivity contribution in [3.05, 3.63) is 0 Å². The largest absolute Gasteiger partial charge is 0.316 e. The van der Waals surface area contributed by atoms with Gasteiger partial charge in [-0.2, -0.15) is 0 Å². The fourth-order valence-corrected chi connectivity index (χ4v) is 3.58. The third kappa shape index (κ3) is 4.56. The summed E-state index contributed by atoms with van der Waals surface area (Å²) in [6.07, 6.45) is 3.00. The van der Waals surface area contributed by atoms with Crippen LogP contribution in [0, 0.1) is 5.41 Å². The van der Waals surface area contributed by atoms with Gasteiger partial charge in [-0.15, -0.1) is 0 Å². The van der Waals surface area contributed by atoms with E-state index >= 15 is 0 Å². The summed E-state index contributed by atoms with van der Waals surface area (Å²) in [5.41, 5.74) is 0.276. The first-order chi connectivity index (χ1) is 7.77. The number of hydrogen-bond acceptors (Lipinski definition) is 3. The summed E-state index contributed by atoms with van der Waals surface area (Å²) >= 11 is 0. The highest BCUT2D eigenvalue weighted by Crippen LogP contribution is 2.37. The summed E-state index contributed by atoms with van der Waals surface area (Å²) in [6.45, 7) is 9.45. The smallest absolute Gasteiger partial charge is 0.215 e. The number of rotatable bonds is 6. The van der Waals surface area contributed by atoms with Gasteiger partial charge in [-0.1, -0.05) is 20.8 Å². The maximum Gasteiger partial charge on any atom is 0.215 e. The molecule has 0 spiro atoms. The van der Waals surface area contributed by atoms with E-state index in [1.807, 2.05) is 6.92 Å². The molecule has 0 aromatic heterocycles. The van der Waals surface area contributed by atoms with Crippen LogP contribution in [0.2, 0.25) is 0 Å². The molecular weight excluding hydrogens is 236 g/mol. The van der Waals surface area contributed by atoms with Crippen molar-refractivity contribution in [1.82, 2.24) is 10.0 Å². The van der Waals surface area contributed by atoms with Crippen molar-refractivity contribution in [2.24, 2.45) is 5.41 Å². The van der Waals surface area contributed by atoms with E-state index in [4.69, 9.17) is 0 Å². The van der Waals surface area contributed by atoms with E-state index in [1.54, 1.807) is 6.92 Å². The second kappa shape index (κ2) is 5.67. The number of nitrogens with one attached hydrogen (secondary N) is 2. The van der Waals surface area contributed by atoms with Crippen LogP contribution in [0.3, 0.4) is 0 Å². The Bertz CT molecular complexity index is 338. The quantitative estimate of drug-likeness (QED) is 0.762. The predicted octanol–water partition coefficient (Wildman–Crippen LogP) is 1.48. The molecule has 0 saturated heterocycles. The SMILES string of the molecule is CCNCC(C)S(=O)(=O)NC1CCC(C)(C)C1. The lowest BCUT2D eigenvalue weighted by Gasteiger charge is -2.20. The zero-order valence-electron chi connectivity index (χ0n) is 11.4. The van der Waals surface area contributed by atoms with Gasteiger partial charge >= 0.3 is 0 Å². The fourth-order valence-electron chi connectivity index (χ4n) is 2.34. The Hall–Kier alpha value is -0.130. The van der Waals surface area contributed by atoms with Crippen LogP contribution in [0.4, 0.5) is 0 Å². The summed E-state index contributed by atoms with van der Waals surface area (Å²) in [5, 5.41) is 2.71. The monoisotopic (exact) mass is 262 g/mol. The van der Waals surface area contributed by atoms with Crippen LogP contribution in [0.25, 0.3) is 0 Å². The van der Waals surface area contributed by atoms with Crippen LogP contribution in [0.15, 0.2) is 0 Å². The molecule has 4 nitrogen and oxygen atoms in total. The molecule has 17 heavy (non-hydrogen) atoms. The molecular formula is C12H26N2O2S. The van der Waals surface area contributed by atoms with Crippen molar-refractivity contribution in [1.29, 1.82) is 0 Å². The number of sulfonamides is 1. The van der Waals surface area contributed by atoms with Crippen molar-refractivity contribution >= 4 is 10.0 Å². The van der Waals surface area contributed by atoms with Gasteiger partial charge in [0.15, 0.2) is 0 Å². The highest BCUT2D eigenvalue weighted by Gasteiger charge is 2.34. The first-order valence-corrected chi connectivity index (χ1v) is 8.03. The minimum atomic E-state index is -3.18. The van der Waals surface area contributed by atoms with E-state index in [9.17, 15) is 8.42 Å². The standard InChI is InChI=1S/C12H26N2O2S/c1-5-13-9-10(2)17(15,16)14-11-6-7-12(3,4)8-11/h10-11,13-14H,5-9H2,1-4H3. The lowest BCUT2D eigenvalue weighted by atomic mass is 9.92.